The third-order valence-electron chi connectivity index (χ3n) is 3.01. The van der Waals surface area contributed by atoms with Crippen molar-refractivity contribution in [2.45, 2.75) is 58.3 Å². The van der Waals surface area contributed by atoms with Gasteiger partial charge in [-0.15, -0.1) is 12.4 Å². The van der Waals surface area contributed by atoms with E-state index < -0.39 is 0 Å². The van der Waals surface area contributed by atoms with Gasteiger partial charge in [-0.25, -0.2) is 0 Å². The molecule has 1 N–H and O–H groups in total. The fourth-order valence-electron chi connectivity index (χ4n) is 1.95. The first-order chi connectivity index (χ1) is 7.83. The van der Waals surface area contributed by atoms with Crippen LogP contribution < -0.4 is 0 Å². The monoisotopic (exact) mass is 256 g/mol. The number of phenolic OH excluding ortho intramolecular Hbond substituents is 1. The minimum atomic E-state index is 0. The average molecular weight is 257 g/mol. The van der Waals surface area contributed by atoms with Gasteiger partial charge in [-0.2, -0.15) is 0 Å². The highest BCUT2D eigenvalue weighted by atomic mass is 35.5. The molecule has 0 atom stereocenters. The molecular formula is C15H25ClO. The molecule has 0 fully saturated rings. The van der Waals surface area contributed by atoms with Crippen LogP contribution >= 0.6 is 12.4 Å². The Hall–Kier alpha value is -0.690. The molecule has 1 aromatic carbocycles. The van der Waals surface area contributed by atoms with Crippen LogP contribution in [0.4, 0.5) is 0 Å². The molecule has 1 nitrogen and oxygen atoms in total. The zero-order valence-electron chi connectivity index (χ0n) is 10.8. The van der Waals surface area contributed by atoms with E-state index in [0.717, 1.165) is 6.42 Å². The van der Waals surface area contributed by atoms with E-state index in [1.54, 1.807) is 12.1 Å². The lowest BCUT2D eigenvalue weighted by Gasteiger charge is -2.02. The van der Waals surface area contributed by atoms with Gasteiger partial charge < -0.3 is 5.11 Å². The summed E-state index contributed by atoms with van der Waals surface area (Å²) in [5.41, 5.74) is 1.34. The Balaban J connectivity index is 0.00000256. The molecule has 1 aromatic rings. The molecule has 17 heavy (non-hydrogen) atoms. The van der Waals surface area contributed by atoms with Gasteiger partial charge in [0.25, 0.3) is 0 Å². The first-order valence-corrected chi connectivity index (χ1v) is 6.61. The van der Waals surface area contributed by atoms with Gasteiger partial charge in [0, 0.05) is 0 Å². The first kappa shape index (κ1) is 16.3. The van der Waals surface area contributed by atoms with Crippen LogP contribution in [-0.2, 0) is 6.42 Å². The number of unbranched alkanes of at least 4 members (excludes halogenated alkanes) is 6. The van der Waals surface area contributed by atoms with Crippen molar-refractivity contribution < 1.29 is 5.11 Å². The molecule has 0 amide bonds. The minimum Gasteiger partial charge on any atom is -0.508 e. The number of rotatable bonds is 8. The summed E-state index contributed by atoms with van der Waals surface area (Å²) in [7, 11) is 0. The Morgan fingerprint density at radius 2 is 1.35 bits per heavy atom. The SMILES string of the molecule is CCCCCCCCCc1ccc(O)cc1.Cl. The fraction of sp³-hybridized carbons (Fsp3) is 0.600. The number of aromatic hydroxyl groups is 1. The van der Waals surface area contributed by atoms with Gasteiger partial charge in [0.15, 0.2) is 0 Å². The van der Waals surface area contributed by atoms with E-state index >= 15 is 0 Å². The predicted molar refractivity (Wildman–Crippen MR) is 77.1 cm³/mol. The standard InChI is InChI=1S/C15H24O.ClH/c1-2-3-4-5-6-7-8-9-14-10-12-15(16)13-11-14;/h10-13,16H,2-9H2,1H3;1H. The van der Waals surface area contributed by atoms with Crippen molar-refractivity contribution in [2.24, 2.45) is 0 Å². The van der Waals surface area contributed by atoms with Crippen LogP contribution in [0.1, 0.15) is 57.4 Å². The van der Waals surface area contributed by atoms with Crippen molar-refractivity contribution in [3.8, 4) is 5.75 Å². The van der Waals surface area contributed by atoms with Crippen LogP contribution in [0.2, 0.25) is 0 Å². The van der Waals surface area contributed by atoms with E-state index in [2.05, 4.69) is 6.92 Å². The third kappa shape index (κ3) is 8.09. The lowest BCUT2D eigenvalue weighted by atomic mass is 10.0. The van der Waals surface area contributed by atoms with Gasteiger partial charge in [0.05, 0.1) is 0 Å². The number of hydrogen-bond acceptors (Lipinski definition) is 1. The first-order valence-electron chi connectivity index (χ1n) is 6.61. The molecule has 0 unspecified atom stereocenters. The highest BCUT2D eigenvalue weighted by Gasteiger charge is 1.94. The molecule has 0 heterocycles. The Labute approximate surface area is 112 Å². The summed E-state index contributed by atoms with van der Waals surface area (Å²) in [6, 6.07) is 7.59. The van der Waals surface area contributed by atoms with Crippen LogP contribution in [0.5, 0.6) is 5.75 Å². The lowest BCUT2D eigenvalue weighted by Crippen LogP contribution is -1.85. The highest BCUT2D eigenvalue weighted by Crippen LogP contribution is 2.13. The van der Waals surface area contributed by atoms with Crippen molar-refractivity contribution in [1.82, 2.24) is 0 Å². The highest BCUT2D eigenvalue weighted by molar-refractivity contribution is 5.85. The molecule has 0 saturated carbocycles. The van der Waals surface area contributed by atoms with Gasteiger partial charge in [0.2, 0.25) is 0 Å². The lowest BCUT2D eigenvalue weighted by molar-refractivity contribution is 0.475. The summed E-state index contributed by atoms with van der Waals surface area (Å²) < 4.78 is 0. The number of phenols is 1. The fourth-order valence-corrected chi connectivity index (χ4v) is 1.95. The quantitative estimate of drug-likeness (QED) is 0.641. The summed E-state index contributed by atoms with van der Waals surface area (Å²) in [6.45, 7) is 2.25. The van der Waals surface area contributed by atoms with Crippen LogP contribution in [0.3, 0.4) is 0 Å². The zero-order valence-corrected chi connectivity index (χ0v) is 11.6. The van der Waals surface area contributed by atoms with Gasteiger partial charge in [-0.05, 0) is 30.5 Å². The summed E-state index contributed by atoms with van der Waals surface area (Å²) >= 11 is 0. The average Bonchev–Trinajstić information content (AvgIpc) is 2.30. The zero-order chi connectivity index (χ0) is 11.6. The van der Waals surface area contributed by atoms with Gasteiger partial charge in [-0.1, -0.05) is 57.6 Å². The van der Waals surface area contributed by atoms with Crippen LogP contribution in [-0.4, -0.2) is 5.11 Å². The van der Waals surface area contributed by atoms with Crippen LogP contribution in [0, 0.1) is 0 Å². The molecule has 2 heteroatoms. The Kier molecular flexibility index (Phi) is 10.0. The summed E-state index contributed by atoms with van der Waals surface area (Å²) in [5.74, 6) is 0.364. The maximum atomic E-state index is 9.15. The molecular weight excluding hydrogens is 232 g/mol. The number of halogens is 1. The van der Waals surface area contributed by atoms with Crippen molar-refractivity contribution in [3.05, 3.63) is 29.8 Å². The summed E-state index contributed by atoms with van der Waals surface area (Å²) in [6.07, 6.45) is 10.6. The van der Waals surface area contributed by atoms with Crippen molar-refractivity contribution in [3.63, 3.8) is 0 Å². The predicted octanol–water partition coefficient (Wildman–Crippen LogP) is 5.11. The molecule has 0 spiro atoms. The normalized spacial score (nSPS) is 9.94. The van der Waals surface area contributed by atoms with E-state index in [9.17, 15) is 0 Å². The van der Waals surface area contributed by atoms with Crippen molar-refractivity contribution in [2.75, 3.05) is 0 Å². The van der Waals surface area contributed by atoms with Crippen molar-refractivity contribution in [1.29, 1.82) is 0 Å². The molecule has 0 aliphatic heterocycles. The number of aryl methyl sites for hydroxylation is 1. The largest absolute Gasteiger partial charge is 0.508 e. The maximum Gasteiger partial charge on any atom is 0.115 e. The molecule has 0 aliphatic carbocycles. The molecule has 1 rings (SSSR count). The molecule has 0 saturated heterocycles. The Morgan fingerprint density at radius 3 is 1.94 bits per heavy atom. The molecule has 0 aliphatic rings. The Morgan fingerprint density at radius 1 is 0.824 bits per heavy atom. The topological polar surface area (TPSA) is 20.2 Å². The van der Waals surface area contributed by atoms with E-state index in [4.69, 9.17) is 5.11 Å². The van der Waals surface area contributed by atoms with Crippen molar-refractivity contribution >= 4 is 12.4 Å². The summed E-state index contributed by atoms with van der Waals surface area (Å²) in [5, 5.41) is 9.15. The van der Waals surface area contributed by atoms with Gasteiger partial charge in [-0.3, -0.25) is 0 Å². The van der Waals surface area contributed by atoms with E-state index in [1.807, 2.05) is 12.1 Å². The van der Waals surface area contributed by atoms with Crippen LogP contribution in [0.15, 0.2) is 24.3 Å². The maximum absolute atomic E-state index is 9.15. The minimum absolute atomic E-state index is 0. The number of benzene rings is 1. The summed E-state index contributed by atoms with van der Waals surface area (Å²) in [4.78, 5) is 0. The van der Waals surface area contributed by atoms with Crippen LogP contribution in [0.25, 0.3) is 0 Å². The number of hydrogen-bond donors (Lipinski definition) is 1. The molecule has 0 radical (unpaired) electrons. The molecule has 98 valence electrons. The van der Waals surface area contributed by atoms with Gasteiger partial charge in [0.1, 0.15) is 5.75 Å². The Bertz CT molecular complexity index is 269. The second kappa shape index (κ2) is 10.5. The van der Waals surface area contributed by atoms with E-state index in [1.165, 1.54) is 50.5 Å². The second-order valence-electron chi connectivity index (χ2n) is 4.54. The molecule has 0 bridgehead atoms. The smallest absolute Gasteiger partial charge is 0.115 e. The third-order valence-corrected chi connectivity index (χ3v) is 3.01. The van der Waals surface area contributed by atoms with E-state index in [0.29, 0.717) is 5.75 Å². The van der Waals surface area contributed by atoms with E-state index in [-0.39, 0.29) is 12.4 Å². The van der Waals surface area contributed by atoms with Gasteiger partial charge >= 0.3 is 0 Å². The second-order valence-corrected chi connectivity index (χ2v) is 4.54. The molecule has 0 aromatic heterocycles.